The minimum atomic E-state index is -0.258. The molecule has 0 unspecified atom stereocenters. The van der Waals surface area contributed by atoms with Gasteiger partial charge in [0.2, 0.25) is 0 Å². The highest BCUT2D eigenvalue weighted by Gasteiger charge is 2.25. The number of rotatable bonds is 4. The number of carbonyl (C=O) groups is 1. The van der Waals surface area contributed by atoms with Gasteiger partial charge >= 0.3 is 6.03 Å². The number of urea groups is 1. The van der Waals surface area contributed by atoms with Crippen LogP contribution >= 0.6 is 27.3 Å². The van der Waals surface area contributed by atoms with E-state index >= 15 is 0 Å². The third kappa shape index (κ3) is 4.19. The molecule has 6 heteroatoms. The Morgan fingerprint density at radius 3 is 2.95 bits per heavy atom. The van der Waals surface area contributed by atoms with E-state index in [0.717, 1.165) is 27.9 Å². The van der Waals surface area contributed by atoms with E-state index in [1.54, 1.807) is 11.3 Å². The number of amides is 2. The second-order valence-corrected chi connectivity index (χ2v) is 7.47. The van der Waals surface area contributed by atoms with Crippen LogP contribution in [0.1, 0.15) is 37.1 Å². The molecule has 2 rings (SSSR count). The number of hydrogen-bond acceptors (Lipinski definition) is 3. The van der Waals surface area contributed by atoms with Crippen LogP contribution in [-0.2, 0) is 0 Å². The Morgan fingerprint density at radius 1 is 1.58 bits per heavy atom. The number of nitrogens with one attached hydrogen (secondary N) is 2. The Bertz CT molecular complexity index is 438. The van der Waals surface area contributed by atoms with Gasteiger partial charge in [-0.05, 0) is 47.8 Å². The Hall–Kier alpha value is -0.590. The minimum Gasteiger partial charge on any atom is -0.393 e. The molecule has 1 fully saturated rings. The highest BCUT2D eigenvalue weighted by atomic mass is 79.9. The molecule has 1 saturated carbocycles. The zero-order valence-corrected chi connectivity index (χ0v) is 13.3. The lowest BCUT2D eigenvalue weighted by Crippen LogP contribution is -2.40. The molecule has 1 aromatic heterocycles. The van der Waals surface area contributed by atoms with Crippen molar-refractivity contribution in [2.75, 3.05) is 6.54 Å². The smallest absolute Gasteiger partial charge is 0.315 e. The van der Waals surface area contributed by atoms with Crippen molar-refractivity contribution in [2.24, 2.45) is 5.92 Å². The largest absolute Gasteiger partial charge is 0.393 e. The molecular formula is C13H19BrN2O2S. The normalized spacial score (nSPS) is 24.2. The van der Waals surface area contributed by atoms with E-state index in [1.165, 1.54) is 0 Å². The average Bonchev–Trinajstić information content (AvgIpc) is 2.95. The van der Waals surface area contributed by atoms with Crippen molar-refractivity contribution < 1.29 is 9.90 Å². The molecule has 3 atom stereocenters. The molecule has 0 spiro atoms. The second-order valence-electron chi connectivity index (χ2n) is 4.98. The van der Waals surface area contributed by atoms with Gasteiger partial charge in [0.15, 0.2) is 0 Å². The quantitative estimate of drug-likeness (QED) is 0.784. The lowest BCUT2D eigenvalue weighted by atomic mass is 10.1. The topological polar surface area (TPSA) is 61.4 Å². The third-order valence-corrected chi connectivity index (χ3v) is 5.32. The van der Waals surface area contributed by atoms with Crippen molar-refractivity contribution in [3.8, 4) is 0 Å². The van der Waals surface area contributed by atoms with Crippen LogP contribution in [0.4, 0.5) is 4.79 Å². The maximum Gasteiger partial charge on any atom is 0.315 e. The summed E-state index contributed by atoms with van der Waals surface area (Å²) in [6, 6.07) is 3.80. The van der Waals surface area contributed by atoms with Crippen molar-refractivity contribution >= 4 is 33.3 Å². The van der Waals surface area contributed by atoms with Crippen molar-refractivity contribution in [1.82, 2.24) is 10.6 Å². The van der Waals surface area contributed by atoms with Gasteiger partial charge in [-0.1, -0.05) is 6.42 Å². The second kappa shape index (κ2) is 6.72. The molecule has 19 heavy (non-hydrogen) atoms. The predicted octanol–water partition coefficient (Wildman–Crippen LogP) is 3.03. The molecule has 0 aromatic carbocycles. The van der Waals surface area contributed by atoms with Gasteiger partial charge < -0.3 is 15.7 Å². The summed E-state index contributed by atoms with van der Waals surface area (Å²) >= 11 is 5.03. The van der Waals surface area contributed by atoms with Crippen LogP contribution in [-0.4, -0.2) is 23.8 Å². The van der Waals surface area contributed by atoms with Crippen LogP contribution in [0.15, 0.2) is 15.9 Å². The summed E-state index contributed by atoms with van der Waals surface area (Å²) in [6.45, 7) is 2.51. The summed E-state index contributed by atoms with van der Waals surface area (Å²) in [6.07, 6.45) is 2.64. The number of aliphatic hydroxyl groups is 1. The van der Waals surface area contributed by atoms with E-state index in [-0.39, 0.29) is 24.1 Å². The summed E-state index contributed by atoms with van der Waals surface area (Å²) in [5.74, 6) is 0.205. The molecule has 1 heterocycles. The van der Waals surface area contributed by atoms with Gasteiger partial charge in [-0.25, -0.2) is 4.79 Å². The van der Waals surface area contributed by atoms with Gasteiger partial charge in [-0.2, -0.15) is 0 Å². The summed E-state index contributed by atoms with van der Waals surface area (Å²) in [5, 5.41) is 15.4. The van der Waals surface area contributed by atoms with Gasteiger partial charge in [-0.15, -0.1) is 11.3 Å². The van der Waals surface area contributed by atoms with Crippen molar-refractivity contribution in [3.63, 3.8) is 0 Å². The summed E-state index contributed by atoms with van der Waals surface area (Å²) in [4.78, 5) is 12.9. The van der Waals surface area contributed by atoms with E-state index in [2.05, 4.69) is 26.6 Å². The zero-order chi connectivity index (χ0) is 13.8. The molecule has 106 valence electrons. The first kappa shape index (κ1) is 14.8. The van der Waals surface area contributed by atoms with E-state index in [9.17, 15) is 9.90 Å². The molecule has 1 aliphatic carbocycles. The molecule has 0 aliphatic heterocycles. The first-order valence-electron chi connectivity index (χ1n) is 6.54. The Labute approximate surface area is 125 Å². The summed E-state index contributed by atoms with van der Waals surface area (Å²) in [7, 11) is 0. The predicted molar refractivity (Wildman–Crippen MR) is 80.3 cm³/mol. The zero-order valence-electron chi connectivity index (χ0n) is 10.9. The van der Waals surface area contributed by atoms with Crippen LogP contribution in [0.25, 0.3) is 0 Å². The number of aliphatic hydroxyl groups excluding tert-OH is 1. The number of hydrogen-bond donors (Lipinski definition) is 3. The minimum absolute atomic E-state index is 0.00944. The fourth-order valence-corrected chi connectivity index (χ4v) is 3.78. The highest BCUT2D eigenvalue weighted by molar-refractivity contribution is 9.11. The van der Waals surface area contributed by atoms with Crippen LogP contribution in [0.5, 0.6) is 0 Å². The maximum absolute atomic E-state index is 11.8. The van der Waals surface area contributed by atoms with Gasteiger partial charge in [0.1, 0.15) is 0 Å². The van der Waals surface area contributed by atoms with Crippen LogP contribution in [0, 0.1) is 5.92 Å². The number of thiophene rings is 1. The van der Waals surface area contributed by atoms with E-state index in [0.29, 0.717) is 6.54 Å². The SMILES string of the molecule is C[C@@H](NC(=O)NC[C@@H]1CCC[C@H]1O)c1ccc(Br)s1. The van der Waals surface area contributed by atoms with E-state index in [4.69, 9.17) is 0 Å². The van der Waals surface area contributed by atoms with Crippen LogP contribution in [0.3, 0.4) is 0 Å². The monoisotopic (exact) mass is 346 g/mol. The lowest BCUT2D eigenvalue weighted by molar-refractivity contribution is 0.132. The molecule has 0 bridgehead atoms. The first-order chi connectivity index (χ1) is 9.06. The Morgan fingerprint density at radius 2 is 2.37 bits per heavy atom. The van der Waals surface area contributed by atoms with Crippen LogP contribution in [0.2, 0.25) is 0 Å². The van der Waals surface area contributed by atoms with E-state index in [1.807, 2.05) is 19.1 Å². The van der Waals surface area contributed by atoms with Gasteiger partial charge in [0.05, 0.1) is 15.9 Å². The van der Waals surface area contributed by atoms with Crippen molar-refractivity contribution in [1.29, 1.82) is 0 Å². The molecule has 3 N–H and O–H groups in total. The number of halogens is 1. The average molecular weight is 347 g/mol. The summed E-state index contributed by atoms with van der Waals surface area (Å²) < 4.78 is 1.06. The lowest BCUT2D eigenvalue weighted by Gasteiger charge is -2.17. The number of carbonyl (C=O) groups excluding carboxylic acids is 1. The molecule has 0 saturated heterocycles. The molecule has 1 aromatic rings. The standard InChI is InChI=1S/C13H19BrN2O2S/c1-8(11-5-6-12(14)19-11)16-13(18)15-7-9-3-2-4-10(9)17/h5-6,8-10,17H,2-4,7H2,1H3,(H2,15,16,18)/t8-,9+,10-/m1/s1. The Balaban J connectivity index is 1.75. The third-order valence-electron chi connectivity index (χ3n) is 3.51. The molecule has 1 aliphatic rings. The first-order valence-corrected chi connectivity index (χ1v) is 8.15. The Kier molecular flexibility index (Phi) is 5.24. The summed E-state index contributed by atoms with van der Waals surface area (Å²) in [5.41, 5.74) is 0. The maximum atomic E-state index is 11.8. The fourth-order valence-electron chi connectivity index (χ4n) is 2.36. The van der Waals surface area contributed by atoms with E-state index < -0.39 is 0 Å². The molecule has 4 nitrogen and oxygen atoms in total. The van der Waals surface area contributed by atoms with Gasteiger partial charge in [0, 0.05) is 17.3 Å². The molecule has 2 amide bonds. The highest BCUT2D eigenvalue weighted by Crippen LogP contribution is 2.27. The van der Waals surface area contributed by atoms with Gasteiger partial charge in [0.25, 0.3) is 0 Å². The molecular weight excluding hydrogens is 328 g/mol. The van der Waals surface area contributed by atoms with Crippen LogP contribution < -0.4 is 10.6 Å². The van der Waals surface area contributed by atoms with Crippen molar-refractivity contribution in [3.05, 3.63) is 20.8 Å². The molecule has 0 radical (unpaired) electrons. The van der Waals surface area contributed by atoms with Gasteiger partial charge in [-0.3, -0.25) is 0 Å². The fraction of sp³-hybridized carbons (Fsp3) is 0.615. The van der Waals surface area contributed by atoms with Crippen molar-refractivity contribution in [2.45, 2.75) is 38.3 Å².